The number of hydrogen-bond donors (Lipinski definition) is 1. The quantitative estimate of drug-likeness (QED) is 0.892. The van der Waals surface area contributed by atoms with E-state index in [0.29, 0.717) is 11.5 Å². The van der Waals surface area contributed by atoms with E-state index in [-0.39, 0.29) is 6.03 Å². The molecule has 1 aromatic heterocycles. The fraction of sp³-hybridized carbons (Fsp3) is 0.700. The van der Waals surface area contributed by atoms with Gasteiger partial charge in [0.15, 0.2) is 0 Å². The van der Waals surface area contributed by atoms with E-state index in [1.54, 1.807) is 0 Å². The second-order valence-electron chi connectivity index (χ2n) is 8.13. The molecule has 1 atom stereocenters. The third kappa shape index (κ3) is 4.94. The minimum atomic E-state index is 0.126. The monoisotopic (exact) mass is 344 g/mol. The van der Waals surface area contributed by atoms with Crippen LogP contribution in [-0.4, -0.2) is 53.5 Å². The minimum absolute atomic E-state index is 0.126. The SMILES string of the molecule is CN(Cc1ccccn1)[C@H]1CCCN(C(=O)NCC2(C)CCC2)CC1. The van der Waals surface area contributed by atoms with Crippen LogP contribution >= 0.6 is 0 Å². The van der Waals surface area contributed by atoms with Crippen molar-refractivity contribution in [3.8, 4) is 0 Å². The summed E-state index contributed by atoms with van der Waals surface area (Å²) in [5, 5.41) is 3.17. The molecule has 1 saturated heterocycles. The molecule has 1 aliphatic heterocycles. The van der Waals surface area contributed by atoms with Crippen molar-refractivity contribution in [2.24, 2.45) is 5.41 Å². The number of carbonyl (C=O) groups is 1. The zero-order valence-corrected chi connectivity index (χ0v) is 15.7. The average Bonchev–Trinajstić information content (AvgIpc) is 2.85. The average molecular weight is 345 g/mol. The highest BCUT2D eigenvalue weighted by molar-refractivity contribution is 5.74. The molecule has 0 radical (unpaired) electrons. The van der Waals surface area contributed by atoms with Crippen LogP contribution in [0.1, 0.15) is 51.1 Å². The molecule has 5 heteroatoms. The summed E-state index contributed by atoms with van der Waals surface area (Å²) in [6.07, 6.45) is 8.90. The Bertz CT molecular complexity index is 558. The van der Waals surface area contributed by atoms with Crippen LogP contribution in [-0.2, 0) is 6.54 Å². The van der Waals surface area contributed by atoms with Crippen molar-refractivity contribution in [3.05, 3.63) is 30.1 Å². The molecule has 138 valence electrons. The Morgan fingerprint density at radius 3 is 2.84 bits per heavy atom. The van der Waals surface area contributed by atoms with Crippen LogP contribution in [0.4, 0.5) is 4.79 Å². The molecular formula is C20H32N4O. The van der Waals surface area contributed by atoms with E-state index in [9.17, 15) is 4.79 Å². The number of likely N-dealkylation sites (tertiary alicyclic amines) is 1. The maximum atomic E-state index is 12.5. The van der Waals surface area contributed by atoms with E-state index in [1.807, 2.05) is 23.2 Å². The van der Waals surface area contributed by atoms with Crippen LogP contribution in [0.15, 0.2) is 24.4 Å². The summed E-state index contributed by atoms with van der Waals surface area (Å²) in [6.45, 7) is 5.69. The van der Waals surface area contributed by atoms with E-state index in [1.165, 1.54) is 19.3 Å². The Morgan fingerprint density at radius 1 is 1.32 bits per heavy atom. The molecule has 0 unspecified atom stereocenters. The molecule has 2 heterocycles. The van der Waals surface area contributed by atoms with E-state index < -0.39 is 0 Å². The van der Waals surface area contributed by atoms with Crippen LogP contribution in [0, 0.1) is 5.41 Å². The van der Waals surface area contributed by atoms with Crippen molar-refractivity contribution >= 4 is 6.03 Å². The number of urea groups is 1. The number of carbonyl (C=O) groups excluding carboxylic acids is 1. The fourth-order valence-corrected chi connectivity index (χ4v) is 3.96. The van der Waals surface area contributed by atoms with Gasteiger partial charge in [-0.1, -0.05) is 19.4 Å². The highest BCUT2D eigenvalue weighted by atomic mass is 16.2. The van der Waals surface area contributed by atoms with Crippen LogP contribution in [0.3, 0.4) is 0 Å². The topological polar surface area (TPSA) is 48.5 Å². The van der Waals surface area contributed by atoms with Gasteiger partial charge in [0, 0.05) is 38.4 Å². The van der Waals surface area contributed by atoms with Gasteiger partial charge < -0.3 is 10.2 Å². The number of rotatable bonds is 5. The molecule has 25 heavy (non-hydrogen) atoms. The van der Waals surface area contributed by atoms with Crippen molar-refractivity contribution in [2.45, 2.75) is 58.0 Å². The summed E-state index contributed by atoms with van der Waals surface area (Å²) in [6, 6.07) is 6.71. The number of nitrogens with zero attached hydrogens (tertiary/aromatic N) is 3. The molecule has 1 aliphatic carbocycles. The lowest BCUT2D eigenvalue weighted by atomic mass is 9.70. The normalized spacial score (nSPS) is 23.0. The maximum Gasteiger partial charge on any atom is 0.317 e. The number of nitrogens with one attached hydrogen (secondary N) is 1. The van der Waals surface area contributed by atoms with Crippen LogP contribution in [0.2, 0.25) is 0 Å². The van der Waals surface area contributed by atoms with Gasteiger partial charge >= 0.3 is 6.03 Å². The molecule has 5 nitrogen and oxygen atoms in total. The summed E-state index contributed by atoms with van der Waals surface area (Å²) >= 11 is 0. The Kier molecular flexibility index (Phi) is 5.94. The molecule has 1 saturated carbocycles. The summed E-state index contributed by atoms with van der Waals surface area (Å²) in [7, 11) is 2.17. The van der Waals surface area contributed by atoms with Crippen LogP contribution in [0.25, 0.3) is 0 Å². The van der Waals surface area contributed by atoms with Crippen molar-refractivity contribution in [1.29, 1.82) is 0 Å². The van der Waals surface area contributed by atoms with Gasteiger partial charge in [-0.3, -0.25) is 9.88 Å². The molecule has 2 amide bonds. The Balaban J connectivity index is 1.45. The predicted molar refractivity (Wildman–Crippen MR) is 100 cm³/mol. The summed E-state index contributed by atoms with van der Waals surface area (Å²) in [5.41, 5.74) is 1.45. The molecule has 2 aliphatic rings. The van der Waals surface area contributed by atoms with E-state index in [2.05, 4.69) is 35.2 Å². The van der Waals surface area contributed by atoms with E-state index in [4.69, 9.17) is 0 Å². The molecule has 1 N–H and O–H groups in total. The fourth-order valence-electron chi connectivity index (χ4n) is 3.96. The predicted octanol–water partition coefficient (Wildman–Crippen LogP) is 3.27. The first-order valence-electron chi connectivity index (χ1n) is 9.69. The van der Waals surface area contributed by atoms with Crippen LogP contribution in [0.5, 0.6) is 0 Å². The van der Waals surface area contributed by atoms with E-state index in [0.717, 1.165) is 51.1 Å². The Labute approximate surface area is 151 Å². The van der Waals surface area contributed by atoms with Gasteiger partial charge in [-0.15, -0.1) is 0 Å². The smallest absolute Gasteiger partial charge is 0.317 e. The lowest BCUT2D eigenvalue weighted by Gasteiger charge is -2.39. The highest BCUT2D eigenvalue weighted by Crippen LogP contribution is 2.39. The second-order valence-corrected chi connectivity index (χ2v) is 8.13. The first-order chi connectivity index (χ1) is 12.1. The molecule has 0 spiro atoms. The lowest BCUT2D eigenvalue weighted by Crippen LogP contribution is -2.46. The number of aromatic nitrogens is 1. The number of pyridine rings is 1. The maximum absolute atomic E-state index is 12.5. The molecule has 3 rings (SSSR count). The first-order valence-corrected chi connectivity index (χ1v) is 9.69. The summed E-state index contributed by atoms with van der Waals surface area (Å²) < 4.78 is 0. The van der Waals surface area contributed by atoms with Gasteiger partial charge in [0.05, 0.1) is 5.69 Å². The molecule has 0 aromatic carbocycles. The van der Waals surface area contributed by atoms with Gasteiger partial charge in [0.2, 0.25) is 0 Å². The minimum Gasteiger partial charge on any atom is -0.337 e. The van der Waals surface area contributed by atoms with Crippen molar-refractivity contribution in [1.82, 2.24) is 20.1 Å². The Hall–Kier alpha value is -1.62. The van der Waals surface area contributed by atoms with Gasteiger partial charge in [-0.2, -0.15) is 0 Å². The van der Waals surface area contributed by atoms with Crippen molar-refractivity contribution in [2.75, 3.05) is 26.7 Å². The van der Waals surface area contributed by atoms with E-state index >= 15 is 0 Å². The standard InChI is InChI=1S/C20H32N4O/c1-20(10-6-11-20)16-22-19(25)24-13-5-8-18(9-14-24)23(2)15-17-7-3-4-12-21-17/h3-4,7,12,18H,5-6,8-11,13-16H2,1-2H3,(H,22,25)/t18-/m0/s1. The molecular weight excluding hydrogens is 312 g/mol. The zero-order valence-electron chi connectivity index (χ0n) is 15.7. The third-order valence-corrected chi connectivity index (χ3v) is 5.97. The van der Waals surface area contributed by atoms with Crippen molar-refractivity contribution < 1.29 is 4.79 Å². The highest BCUT2D eigenvalue weighted by Gasteiger charge is 2.32. The Morgan fingerprint density at radius 2 is 2.16 bits per heavy atom. The van der Waals surface area contributed by atoms with Gasteiger partial charge in [0.1, 0.15) is 0 Å². The first kappa shape index (κ1) is 18.2. The molecule has 2 fully saturated rings. The van der Waals surface area contributed by atoms with Gasteiger partial charge in [0.25, 0.3) is 0 Å². The number of hydrogen-bond acceptors (Lipinski definition) is 3. The van der Waals surface area contributed by atoms with Gasteiger partial charge in [-0.25, -0.2) is 4.79 Å². The second kappa shape index (κ2) is 8.17. The third-order valence-electron chi connectivity index (χ3n) is 5.97. The van der Waals surface area contributed by atoms with Crippen LogP contribution < -0.4 is 5.32 Å². The van der Waals surface area contributed by atoms with Crippen molar-refractivity contribution in [3.63, 3.8) is 0 Å². The largest absolute Gasteiger partial charge is 0.337 e. The zero-order chi connectivity index (χ0) is 17.7. The lowest BCUT2D eigenvalue weighted by molar-refractivity contribution is 0.146. The van der Waals surface area contributed by atoms with Gasteiger partial charge in [-0.05, 0) is 56.7 Å². The number of amides is 2. The summed E-state index contributed by atoms with van der Waals surface area (Å²) in [5.74, 6) is 0. The summed E-state index contributed by atoms with van der Waals surface area (Å²) in [4.78, 5) is 21.3. The molecule has 0 bridgehead atoms. The molecule has 1 aromatic rings.